The first kappa shape index (κ1) is 22.5. The van der Waals surface area contributed by atoms with Gasteiger partial charge in [0.1, 0.15) is 17.7 Å². The molecule has 4 rings (SSSR count). The molecule has 1 aliphatic carbocycles. The fourth-order valence-electron chi connectivity index (χ4n) is 4.72. The van der Waals surface area contributed by atoms with Crippen LogP contribution in [0.25, 0.3) is 0 Å². The Hall–Kier alpha value is -2.67. The molecule has 1 aromatic heterocycles. The van der Waals surface area contributed by atoms with E-state index in [1.807, 2.05) is 41.3 Å². The molecule has 0 N–H and O–H groups in total. The van der Waals surface area contributed by atoms with Crippen LogP contribution in [-0.4, -0.2) is 68.3 Å². The highest BCUT2D eigenvalue weighted by Crippen LogP contribution is 2.30. The molecule has 0 atom stereocenters. The Morgan fingerprint density at radius 1 is 1.06 bits per heavy atom. The Morgan fingerprint density at radius 3 is 2.47 bits per heavy atom. The molecular formula is C25H33FN4O2. The zero-order chi connectivity index (χ0) is 22.3. The van der Waals surface area contributed by atoms with Gasteiger partial charge in [0.05, 0.1) is 12.8 Å². The lowest BCUT2D eigenvalue weighted by molar-refractivity contribution is -0.123. The average Bonchev–Trinajstić information content (AvgIpc) is 2.85. The standard InChI is InChI=1S/C25H33FN4O2/c1-32-23-7-3-2-6-22(23)29-17-14-28(15-18-29)16-19-30(24-8-4-5-13-27-24)25(31)20-9-11-21(26)12-10-20/h2-8,13,20-21H,9-12,14-19H2,1H3/i26-1. The van der Waals surface area contributed by atoms with E-state index in [4.69, 9.17) is 4.74 Å². The molecule has 2 fully saturated rings. The molecule has 0 unspecified atom stereocenters. The lowest BCUT2D eigenvalue weighted by Gasteiger charge is -2.37. The Balaban J connectivity index is 1.36. The van der Waals surface area contributed by atoms with Gasteiger partial charge in [-0.3, -0.25) is 14.6 Å². The highest BCUT2D eigenvalue weighted by molar-refractivity contribution is 5.94. The number of alkyl halides is 1. The van der Waals surface area contributed by atoms with Crippen molar-refractivity contribution in [1.82, 2.24) is 9.88 Å². The van der Waals surface area contributed by atoms with Crippen molar-refractivity contribution in [1.29, 1.82) is 0 Å². The van der Waals surface area contributed by atoms with Crippen molar-refractivity contribution in [2.45, 2.75) is 31.9 Å². The maximum Gasteiger partial charge on any atom is 0.231 e. The van der Waals surface area contributed by atoms with Gasteiger partial charge >= 0.3 is 0 Å². The van der Waals surface area contributed by atoms with Gasteiger partial charge in [0.25, 0.3) is 0 Å². The monoisotopic (exact) mass is 439 g/mol. The minimum atomic E-state index is -0.762. The van der Waals surface area contributed by atoms with Gasteiger partial charge in [-0.25, -0.2) is 9.37 Å². The van der Waals surface area contributed by atoms with Gasteiger partial charge < -0.3 is 9.64 Å². The van der Waals surface area contributed by atoms with Crippen molar-refractivity contribution in [2.75, 3.05) is 56.2 Å². The quantitative estimate of drug-likeness (QED) is 0.657. The fraction of sp³-hybridized carbons (Fsp3) is 0.520. The summed E-state index contributed by atoms with van der Waals surface area (Å²) in [6, 6.07) is 13.8. The molecule has 2 aliphatic rings. The molecular weight excluding hydrogens is 406 g/mol. The van der Waals surface area contributed by atoms with Crippen LogP contribution in [0.3, 0.4) is 0 Å². The molecule has 7 heteroatoms. The number of para-hydroxylation sites is 2. The van der Waals surface area contributed by atoms with E-state index >= 15 is 0 Å². The van der Waals surface area contributed by atoms with Crippen molar-refractivity contribution >= 4 is 17.4 Å². The predicted molar refractivity (Wildman–Crippen MR) is 125 cm³/mol. The van der Waals surface area contributed by atoms with E-state index < -0.39 is 6.17 Å². The first-order chi connectivity index (χ1) is 15.7. The Bertz CT molecular complexity index is 865. The summed E-state index contributed by atoms with van der Waals surface area (Å²) < 4.78 is 19.1. The molecule has 0 spiro atoms. The van der Waals surface area contributed by atoms with Gasteiger partial charge in [-0.2, -0.15) is 0 Å². The molecule has 0 bridgehead atoms. The topological polar surface area (TPSA) is 48.9 Å². The molecule has 2 heterocycles. The number of amides is 1. The number of hydrogen-bond acceptors (Lipinski definition) is 5. The highest BCUT2D eigenvalue weighted by atomic mass is 18.2. The summed E-state index contributed by atoms with van der Waals surface area (Å²) in [6.07, 6.45) is 3.18. The fourth-order valence-corrected chi connectivity index (χ4v) is 4.72. The number of carbonyl (C=O) groups excluding carboxylic acids is 1. The van der Waals surface area contributed by atoms with Crippen LogP contribution in [-0.2, 0) is 4.79 Å². The number of carbonyl (C=O) groups is 1. The lowest BCUT2D eigenvalue weighted by atomic mass is 9.87. The highest BCUT2D eigenvalue weighted by Gasteiger charge is 2.31. The van der Waals surface area contributed by atoms with E-state index in [1.165, 1.54) is 0 Å². The van der Waals surface area contributed by atoms with E-state index in [2.05, 4.69) is 20.9 Å². The summed E-state index contributed by atoms with van der Waals surface area (Å²) in [5.41, 5.74) is 1.13. The largest absolute Gasteiger partial charge is 0.495 e. The van der Waals surface area contributed by atoms with Crippen LogP contribution in [0.15, 0.2) is 48.7 Å². The normalized spacial score (nSPS) is 21.9. The van der Waals surface area contributed by atoms with Gasteiger partial charge in [0.2, 0.25) is 5.91 Å². The number of halogens is 1. The van der Waals surface area contributed by atoms with Crippen LogP contribution >= 0.6 is 0 Å². The Labute approximate surface area is 190 Å². The van der Waals surface area contributed by atoms with E-state index in [1.54, 1.807) is 13.3 Å². The molecule has 1 aromatic carbocycles. The third-order valence-electron chi connectivity index (χ3n) is 6.64. The summed E-state index contributed by atoms with van der Waals surface area (Å²) in [5.74, 6) is 1.57. The number of pyridine rings is 1. The molecule has 172 valence electrons. The Morgan fingerprint density at radius 2 is 1.78 bits per heavy atom. The number of aromatic nitrogens is 1. The second kappa shape index (κ2) is 10.8. The molecule has 1 aliphatic heterocycles. The Kier molecular flexibility index (Phi) is 7.58. The number of ether oxygens (including phenoxy) is 1. The number of hydrogen-bond donors (Lipinski definition) is 0. The van der Waals surface area contributed by atoms with Crippen LogP contribution in [0.4, 0.5) is 15.9 Å². The van der Waals surface area contributed by atoms with E-state index in [0.29, 0.717) is 38.0 Å². The van der Waals surface area contributed by atoms with Crippen LogP contribution < -0.4 is 14.5 Å². The number of methoxy groups -OCH3 is 1. The zero-order valence-corrected chi connectivity index (χ0v) is 18.8. The second-order valence-corrected chi connectivity index (χ2v) is 8.63. The lowest BCUT2D eigenvalue weighted by Crippen LogP contribution is -2.50. The molecule has 1 saturated carbocycles. The maximum atomic E-state index is 13.6. The summed E-state index contributed by atoms with van der Waals surface area (Å²) in [7, 11) is 1.71. The summed E-state index contributed by atoms with van der Waals surface area (Å²) in [4.78, 5) is 24.3. The summed E-state index contributed by atoms with van der Waals surface area (Å²) >= 11 is 0. The first-order valence-corrected chi connectivity index (χ1v) is 11.6. The maximum absolute atomic E-state index is 13.6. The van der Waals surface area contributed by atoms with Gasteiger partial charge in [-0.1, -0.05) is 18.2 Å². The van der Waals surface area contributed by atoms with Crippen molar-refractivity contribution in [2.24, 2.45) is 5.92 Å². The predicted octanol–water partition coefficient (Wildman–Crippen LogP) is 3.77. The van der Waals surface area contributed by atoms with Gasteiger partial charge in [0.15, 0.2) is 0 Å². The number of nitrogens with zero attached hydrogens (tertiary/aromatic N) is 4. The van der Waals surface area contributed by atoms with E-state index in [0.717, 1.165) is 44.2 Å². The van der Waals surface area contributed by atoms with Crippen LogP contribution in [0, 0.1) is 5.92 Å². The van der Waals surface area contributed by atoms with Gasteiger partial charge in [0, 0.05) is 51.4 Å². The molecule has 2 aromatic rings. The number of piperazine rings is 1. The molecule has 1 amide bonds. The zero-order valence-electron chi connectivity index (χ0n) is 18.8. The average molecular weight is 440 g/mol. The van der Waals surface area contributed by atoms with Crippen LogP contribution in [0.1, 0.15) is 25.7 Å². The van der Waals surface area contributed by atoms with Crippen LogP contribution in [0.2, 0.25) is 0 Å². The third kappa shape index (κ3) is 5.38. The van der Waals surface area contributed by atoms with Crippen LogP contribution in [0.5, 0.6) is 5.75 Å². The molecule has 1 saturated heterocycles. The van der Waals surface area contributed by atoms with Gasteiger partial charge in [-0.05, 0) is 49.9 Å². The molecule has 0 radical (unpaired) electrons. The first-order valence-electron chi connectivity index (χ1n) is 11.6. The van der Waals surface area contributed by atoms with Crippen molar-refractivity contribution in [3.8, 4) is 5.75 Å². The van der Waals surface area contributed by atoms with Gasteiger partial charge in [-0.15, -0.1) is 0 Å². The summed E-state index contributed by atoms with van der Waals surface area (Å²) in [6.45, 7) is 5.07. The number of benzene rings is 1. The van der Waals surface area contributed by atoms with E-state index in [-0.39, 0.29) is 11.8 Å². The number of anilines is 2. The van der Waals surface area contributed by atoms with Crippen molar-refractivity contribution in [3.05, 3.63) is 48.7 Å². The third-order valence-corrected chi connectivity index (χ3v) is 6.64. The molecule has 6 nitrogen and oxygen atoms in total. The minimum absolute atomic E-state index is 0.0863. The minimum Gasteiger partial charge on any atom is -0.495 e. The SMILES string of the molecule is COc1ccccc1N1CCN(CCN(C(=O)C2CCC([18F])CC2)c2ccccn2)CC1. The smallest absolute Gasteiger partial charge is 0.231 e. The number of rotatable bonds is 7. The second-order valence-electron chi connectivity index (χ2n) is 8.63. The molecule has 32 heavy (non-hydrogen) atoms. The van der Waals surface area contributed by atoms with E-state index in [9.17, 15) is 9.18 Å². The summed E-state index contributed by atoms with van der Waals surface area (Å²) in [5, 5.41) is 0. The van der Waals surface area contributed by atoms with Crippen molar-refractivity contribution in [3.63, 3.8) is 0 Å². The van der Waals surface area contributed by atoms with Crippen molar-refractivity contribution < 1.29 is 13.9 Å².